The SMILES string of the molecule is COC(=O)C[C@@H](C[C@@H](/C=C\c1ccccc1)OCc1ccccc1)OCc1ccccc1. The highest BCUT2D eigenvalue weighted by Gasteiger charge is 2.20. The lowest BCUT2D eigenvalue weighted by Crippen LogP contribution is -2.25. The lowest BCUT2D eigenvalue weighted by Gasteiger charge is -2.22. The molecule has 3 aromatic rings. The van der Waals surface area contributed by atoms with Crippen LogP contribution in [-0.4, -0.2) is 25.3 Å². The molecule has 0 aliphatic heterocycles. The van der Waals surface area contributed by atoms with Crippen LogP contribution in [0.4, 0.5) is 0 Å². The molecule has 0 N–H and O–H groups in total. The van der Waals surface area contributed by atoms with Crippen LogP contribution in [0.2, 0.25) is 0 Å². The number of carbonyl (C=O) groups is 1. The van der Waals surface area contributed by atoms with Crippen molar-refractivity contribution in [2.75, 3.05) is 7.11 Å². The molecule has 0 heterocycles. The Hall–Kier alpha value is -3.21. The Morgan fingerprint density at radius 1 is 0.781 bits per heavy atom. The van der Waals surface area contributed by atoms with Crippen molar-refractivity contribution in [3.63, 3.8) is 0 Å². The van der Waals surface area contributed by atoms with Crippen molar-refractivity contribution in [2.24, 2.45) is 0 Å². The van der Waals surface area contributed by atoms with E-state index in [1.807, 2.05) is 103 Å². The Balaban J connectivity index is 1.70. The Morgan fingerprint density at radius 2 is 1.31 bits per heavy atom. The van der Waals surface area contributed by atoms with Crippen molar-refractivity contribution >= 4 is 12.0 Å². The summed E-state index contributed by atoms with van der Waals surface area (Å²) in [7, 11) is 1.40. The van der Waals surface area contributed by atoms with Gasteiger partial charge in [0, 0.05) is 6.42 Å². The molecule has 166 valence electrons. The first-order chi connectivity index (χ1) is 15.7. The molecule has 0 amide bonds. The molecule has 0 bridgehead atoms. The van der Waals surface area contributed by atoms with Crippen molar-refractivity contribution in [1.29, 1.82) is 0 Å². The van der Waals surface area contributed by atoms with Gasteiger partial charge in [0.15, 0.2) is 0 Å². The minimum Gasteiger partial charge on any atom is -0.469 e. The monoisotopic (exact) mass is 430 g/mol. The van der Waals surface area contributed by atoms with Gasteiger partial charge in [-0.1, -0.05) is 103 Å². The van der Waals surface area contributed by atoms with Gasteiger partial charge in [0.05, 0.1) is 39.0 Å². The predicted octanol–water partition coefficient (Wildman–Crippen LogP) is 5.82. The van der Waals surface area contributed by atoms with E-state index in [0.717, 1.165) is 16.7 Å². The van der Waals surface area contributed by atoms with E-state index in [2.05, 4.69) is 0 Å². The molecule has 0 aliphatic carbocycles. The minimum absolute atomic E-state index is 0.174. The topological polar surface area (TPSA) is 44.8 Å². The lowest BCUT2D eigenvalue weighted by molar-refractivity contribution is -0.144. The Bertz CT molecular complexity index is 939. The van der Waals surface area contributed by atoms with Crippen LogP contribution in [0.3, 0.4) is 0 Å². The summed E-state index contributed by atoms with van der Waals surface area (Å²) in [6, 6.07) is 30.1. The van der Waals surface area contributed by atoms with Crippen LogP contribution in [0, 0.1) is 0 Å². The van der Waals surface area contributed by atoms with Crippen molar-refractivity contribution in [2.45, 2.75) is 38.3 Å². The molecule has 0 unspecified atom stereocenters. The van der Waals surface area contributed by atoms with Gasteiger partial charge in [-0.05, 0) is 16.7 Å². The standard InChI is InChI=1S/C28H30O4/c1-30-28(29)20-27(32-22-25-15-9-4-10-16-25)19-26(18-17-23-11-5-2-6-12-23)31-21-24-13-7-3-8-14-24/h2-18,26-27H,19-22H2,1H3/b18-17-/t26-,27-/m1/s1. The van der Waals surface area contributed by atoms with E-state index in [-0.39, 0.29) is 24.6 Å². The van der Waals surface area contributed by atoms with Gasteiger partial charge in [-0.15, -0.1) is 0 Å². The molecule has 4 heteroatoms. The smallest absolute Gasteiger partial charge is 0.308 e. The number of rotatable bonds is 12. The third-order valence-corrected chi connectivity index (χ3v) is 5.06. The maximum atomic E-state index is 12.0. The first-order valence-electron chi connectivity index (χ1n) is 10.8. The normalized spacial score (nSPS) is 13.0. The molecular formula is C28H30O4. The van der Waals surface area contributed by atoms with Gasteiger partial charge in [0.25, 0.3) is 0 Å². The number of esters is 1. The number of hydrogen-bond donors (Lipinski definition) is 0. The second-order valence-electron chi connectivity index (χ2n) is 7.54. The Labute approximate surface area is 190 Å². The molecule has 2 atom stereocenters. The van der Waals surface area contributed by atoms with E-state index in [9.17, 15) is 4.79 Å². The summed E-state index contributed by atoms with van der Waals surface area (Å²) in [6.07, 6.45) is 4.24. The second kappa shape index (κ2) is 13.3. The highest BCUT2D eigenvalue weighted by molar-refractivity contribution is 5.69. The summed E-state index contributed by atoms with van der Waals surface area (Å²) >= 11 is 0. The molecule has 3 aromatic carbocycles. The van der Waals surface area contributed by atoms with Crippen LogP contribution in [0.1, 0.15) is 29.5 Å². The average molecular weight is 431 g/mol. The summed E-state index contributed by atoms with van der Waals surface area (Å²) in [5.74, 6) is -0.295. The van der Waals surface area contributed by atoms with E-state index in [4.69, 9.17) is 14.2 Å². The fraction of sp³-hybridized carbons (Fsp3) is 0.250. The Morgan fingerprint density at radius 3 is 1.88 bits per heavy atom. The largest absolute Gasteiger partial charge is 0.469 e. The van der Waals surface area contributed by atoms with E-state index in [0.29, 0.717) is 19.6 Å². The van der Waals surface area contributed by atoms with Crippen molar-refractivity contribution in [3.8, 4) is 0 Å². The number of hydrogen-bond acceptors (Lipinski definition) is 4. The summed E-state index contributed by atoms with van der Waals surface area (Å²) < 4.78 is 17.2. The van der Waals surface area contributed by atoms with Crippen LogP contribution < -0.4 is 0 Å². The lowest BCUT2D eigenvalue weighted by atomic mass is 10.1. The molecule has 0 aromatic heterocycles. The van der Waals surface area contributed by atoms with Gasteiger partial charge >= 0.3 is 5.97 Å². The van der Waals surface area contributed by atoms with Gasteiger partial charge in [0.1, 0.15) is 0 Å². The zero-order valence-corrected chi connectivity index (χ0v) is 18.4. The van der Waals surface area contributed by atoms with Gasteiger partial charge in [-0.3, -0.25) is 4.79 Å². The van der Waals surface area contributed by atoms with Crippen LogP contribution >= 0.6 is 0 Å². The van der Waals surface area contributed by atoms with Gasteiger partial charge in [-0.2, -0.15) is 0 Å². The maximum absolute atomic E-state index is 12.0. The molecule has 4 nitrogen and oxygen atoms in total. The zero-order chi connectivity index (χ0) is 22.4. The number of ether oxygens (including phenoxy) is 3. The molecule has 0 saturated carbocycles. The zero-order valence-electron chi connectivity index (χ0n) is 18.4. The number of carbonyl (C=O) groups excluding carboxylic acids is 1. The third-order valence-electron chi connectivity index (χ3n) is 5.06. The molecular weight excluding hydrogens is 400 g/mol. The number of benzene rings is 3. The predicted molar refractivity (Wildman–Crippen MR) is 127 cm³/mol. The second-order valence-corrected chi connectivity index (χ2v) is 7.54. The van der Waals surface area contributed by atoms with Crippen LogP contribution in [0.5, 0.6) is 0 Å². The van der Waals surface area contributed by atoms with E-state index in [1.54, 1.807) is 0 Å². The summed E-state index contributed by atoms with van der Waals surface area (Å²) in [5, 5.41) is 0. The van der Waals surface area contributed by atoms with Gasteiger partial charge in [-0.25, -0.2) is 0 Å². The maximum Gasteiger partial charge on any atom is 0.308 e. The summed E-state index contributed by atoms with van der Waals surface area (Å²) in [6.45, 7) is 0.907. The van der Waals surface area contributed by atoms with Gasteiger partial charge < -0.3 is 14.2 Å². The molecule has 0 radical (unpaired) electrons. The molecule has 0 fully saturated rings. The molecule has 0 spiro atoms. The molecule has 3 rings (SSSR count). The summed E-state index contributed by atoms with van der Waals surface area (Å²) in [5.41, 5.74) is 3.25. The quantitative estimate of drug-likeness (QED) is 0.340. The fourth-order valence-corrected chi connectivity index (χ4v) is 3.29. The van der Waals surface area contributed by atoms with Crippen molar-refractivity contribution in [1.82, 2.24) is 0 Å². The first-order valence-corrected chi connectivity index (χ1v) is 10.8. The van der Waals surface area contributed by atoms with E-state index >= 15 is 0 Å². The van der Waals surface area contributed by atoms with Crippen LogP contribution in [0.25, 0.3) is 6.08 Å². The van der Waals surface area contributed by atoms with Gasteiger partial charge in [0.2, 0.25) is 0 Å². The Kier molecular flexibility index (Phi) is 9.72. The number of methoxy groups -OCH3 is 1. The molecule has 32 heavy (non-hydrogen) atoms. The fourth-order valence-electron chi connectivity index (χ4n) is 3.29. The van der Waals surface area contributed by atoms with Crippen LogP contribution in [-0.2, 0) is 32.2 Å². The van der Waals surface area contributed by atoms with Crippen molar-refractivity contribution < 1.29 is 19.0 Å². The van der Waals surface area contributed by atoms with Crippen molar-refractivity contribution in [3.05, 3.63) is 114 Å². The van der Waals surface area contributed by atoms with E-state index < -0.39 is 0 Å². The summed E-state index contributed by atoms with van der Waals surface area (Å²) in [4.78, 5) is 12.0. The van der Waals surface area contributed by atoms with Crippen LogP contribution in [0.15, 0.2) is 97.1 Å². The van der Waals surface area contributed by atoms with E-state index in [1.165, 1.54) is 7.11 Å². The third kappa shape index (κ3) is 8.50. The highest BCUT2D eigenvalue weighted by atomic mass is 16.5. The first kappa shape index (κ1) is 23.5. The molecule has 0 aliphatic rings. The highest BCUT2D eigenvalue weighted by Crippen LogP contribution is 2.17. The molecule has 0 saturated heterocycles. The average Bonchev–Trinajstić information content (AvgIpc) is 2.86. The minimum atomic E-state index is -0.330.